The number of carbonyl (C=O) groups excluding carboxylic acids is 1. The van der Waals surface area contributed by atoms with E-state index in [-0.39, 0.29) is 5.91 Å². The third-order valence-electron chi connectivity index (χ3n) is 4.49. The second-order valence-corrected chi connectivity index (χ2v) is 6.05. The number of rotatable bonds is 4. The van der Waals surface area contributed by atoms with Crippen molar-refractivity contribution in [3.05, 3.63) is 66.4 Å². The summed E-state index contributed by atoms with van der Waals surface area (Å²) in [5, 5.41) is 7.33. The molecule has 0 fully saturated rings. The van der Waals surface area contributed by atoms with Crippen LogP contribution in [0.2, 0.25) is 0 Å². The smallest absolute Gasteiger partial charge is 0.244 e. The van der Waals surface area contributed by atoms with Crippen molar-refractivity contribution >= 4 is 22.5 Å². The quantitative estimate of drug-likeness (QED) is 0.732. The first-order valence-corrected chi connectivity index (χ1v) is 8.31. The Morgan fingerprint density at radius 2 is 1.84 bits per heavy atom. The predicted molar refractivity (Wildman–Crippen MR) is 97.5 cm³/mol. The molecule has 2 aromatic carbocycles. The fraction of sp³-hybridized carbons (Fsp3) is 0.200. The van der Waals surface area contributed by atoms with Crippen LogP contribution in [-0.4, -0.2) is 28.3 Å². The number of amides is 1. The van der Waals surface area contributed by atoms with Crippen LogP contribution in [0.3, 0.4) is 0 Å². The summed E-state index contributed by atoms with van der Waals surface area (Å²) in [6, 6.07) is 18.0. The van der Waals surface area contributed by atoms with Gasteiger partial charge in [0.15, 0.2) is 0 Å². The Morgan fingerprint density at radius 1 is 1.04 bits per heavy atom. The van der Waals surface area contributed by atoms with Gasteiger partial charge < -0.3 is 9.30 Å². The van der Waals surface area contributed by atoms with Crippen molar-refractivity contribution in [2.45, 2.75) is 19.5 Å². The lowest BCUT2D eigenvalue weighted by Crippen LogP contribution is -2.33. The molecule has 0 spiro atoms. The van der Waals surface area contributed by atoms with Crippen LogP contribution in [0.5, 0.6) is 5.75 Å². The van der Waals surface area contributed by atoms with Crippen molar-refractivity contribution in [3.63, 3.8) is 0 Å². The van der Waals surface area contributed by atoms with Crippen LogP contribution in [0.15, 0.2) is 65.9 Å². The topological polar surface area (TPSA) is 46.8 Å². The molecule has 4 rings (SSSR count). The van der Waals surface area contributed by atoms with Crippen LogP contribution in [0.25, 0.3) is 10.9 Å². The molecule has 0 saturated heterocycles. The Hall–Kier alpha value is -3.08. The molecule has 25 heavy (non-hydrogen) atoms. The van der Waals surface area contributed by atoms with E-state index in [1.54, 1.807) is 12.1 Å². The second-order valence-electron chi connectivity index (χ2n) is 6.05. The van der Waals surface area contributed by atoms with Gasteiger partial charge >= 0.3 is 0 Å². The highest BCUT2D eigenvalue weighted by atomic mass is 16.5. The first-order chi connectivity index (χ1) is 12.2. The number of methoxy groups -OCH3 is 1. The average Bonchev–Trinajstić information content (AvgIpc) is 3.07. The number of nitrogens with zero attached hydrogens (tertiary/aromatic N) is 3. The fourth-order valence-corrected chi connectivity index (χ4v) is 3.11. The highest BCUT2D eigenvalue weighted by molar-refractivity contribution is 6.04. The molecule has 0 bridgehead atoms. The van der Waals surface area contributed by atoms with Crippen LogP contribution >= 0.6 is 0 Å². The van der Waals surface area contributed by atoms with Crippen LogP contribution in [-0.2, 0) is 11.5 Å². The van der Waals surface area contributed by atoms with Gasteiger partial charge in [0.25, 0.3) is 0 Å². The fourth-order valence-electron chi connectivity index (χ4n) is 3.11. The highest BCUT2D eigenvalue weighted by Crippen LogP contribution is 2.21. The van der Waals surface area contributed by atoms with Crippen LogP contribution in [0, 0.1) is 0 Å². The standard InChI is InChI=1S/C20H19N3O2/c1-25-17-8-6-15(7-9-17)18-10-11-20(24)23(21-18)14-22-13-12-16-4-2-3-5-19(16)22/h2-9,12-13H,10-11,14H2,1H3. The molecule has 0 radical (unpaired) electrons. The third-order valence-corrected chi connectivity index (χ3v) is 4.49. The van der Waals surface area contributed by atoms with Crippen molar-refractivity contribution in [2.75, 3.05) is 7.11 Å². The number of fused-ring (bicyclic) bond motifs is 1. The maximum absolute atomic E-state index is 12.3. The lowest BCUT2D eigenvalue weighted by molar-refractivity contribution is -0.133. The van der Waals surface area contributed by atoms with Gasteiger partial charge in [-0.3, -0.25) is 4.79 Å². The number of hydrogen-bond acceptors (Lipinski definition) is 3. The SMILES string of the molecule is COc1ccc(C2=NN(Cn3ccc4ccccc43)C(=O)CC2)cc1. The molecule has 126 valence electrons. The van der Waals surface area contributed by atoms with E-state index in [0.717, 1.165) is 27.9 Å². The summed E-state index contributed by atoms with van der Waals surface area (Å²) in [7, 11) is 1.65. The summed E-state index contributed by atoms with van der Waals surface area (Å²) in [5.41, 5.74) is 3.05. The van der Waals surface area contributed by atoms with Crippen molar-refractivity contribution < 1.29 is 9.53 Å². The minimum absolute atomic E-state index is 0.0510. The van der Waals surface area contributed by atoms with Crippen molar-refractivity contribution in [1.82, 2.24) is 9.58 Å². The van der Waals surface area contributed by atoms with Gasteiger partial charge in [0.1, 0.15) is 12.4 Å². The Morgan fingerprint density at radius 3 is 2.64 bits per heavy atom. The molecule has 5 heteroatoms. The van der Waals surface area contributed by atoms with Gasteiger partial charge in [-0.1, -0.05) is 18.2 Å². The highest BCUT2D eigenvalue weighted by Gasteiger charge is 2.22. The average molecular weight is 333 g/mol. The lowest BCUT2D eigenvalue weighted by atomic mass is 10.0. The number of hydrazone groups is 1. The molecule has 1 amide bonds. The normalized spacial score (nSPS) is 14.7. The zero-order valence-corrected chi connectivity index (χ0v) is 14.1. The molecule has 1 aromatic heterocycles. The van der Waals surface area contributed by atoms with Gasteiger partial charge in [0.2, 0.25) is 5.91 Å². The molecule has 5 nitrogen and oxygen atoms in total. The number of para-hydroxylation sites is 1. The van der Waals surface area contributed by atoms with Crippen molar-refractivity contribution in [1.29, 1.82) is 0 Å². The maximum atomic E-state index is 12.3. The van der Waals surface area contributed by atoms with Gasteiger partial charge in [-0.25, -0.2) is 5.01 Å². The molecule has 0 unspecified atom stereocenters. The van der Waals surface area contributed by atoms with E-state index in [4.69, 9.17) is 4.74 Å². The molecule has 0 atom stereocenters. The van der Waals surface area contributed by atoms with Crippen LogP contribution in [0.4, 0.5) is 0 Å². The number of aromatic nitrogens is 1. The summed E-state index contributed by atoms with van der Waals surface area (Å²) in [5.74, 6) is 0.863. The summed E-state index contributed by atoms with van der Waals surface area (Å²) in [6.45, 7) is 0.423. The maximum Gasteiger partial charge on any atom is 0.244 e. The molecule has 3 aromatic rings. The van der Waals surface area contributed by atoms with E-state index >= 15 is 0 Å². The molecular formula is C20H19N3O2. The molecule has 0 N–H and O–H groups in total. The van der Waals surface area contributed by atoms with E-state index in [9.17, 15) is 4.79 Å². The summed E-state index contributed by atoms with van der Waals surface area (Å²) in [4.78, 5) is 12.3. The summed E-state index contributed by atoms with van der Waals surface area (Å²) in [6.07, 6.45) is 3.13. The first kappa shape index (κ1) is 15.4. The summed E-state index contributed by atoms with van der Waals surface area (Å²) < 4.78 is 7.25. The molecule has 1 aliphatic rings. The summed E-state index contributed by atoms with van der Waals surface area (Å²) >= 11 is 0. The largest absolute Gasteiger partial charge is 0.497 e. The number of ether oxygens (including phenoxy) is 1. The lowest BCUT2D eigenvalue weighted by Gasteiger charge is -2.24. The van der Waals surface area contributed by atoms with Crippen molar-refractivity contribution in [2.24, 2.45) is 5.10 Å². The minimum atomic E-state index is 0.0510. The van der Waals surface area contributed by atoms with Gasteiger partial charge in [-0.05, 0) is 47.3 Å². The van der Waals surface area contributed by atoms with E-state index in [0.29, 0.717) is 19.5 Å². The minimum Gasteiger partial charge on any atom is -0.497 e. The third kappa shape index (κ3) is 3.01. The Balaban J connectivity index is 1.62. The van der Waals surface area contributed by atoms with Gasteiger partial charge in [0.05, 0.1) is 12.8 Å². The predicted octanol–water partition coefficient (Wildman–Crippen LogP) is 3.63. The van der Waals surface area contributed by atoms with Crippen molar-refractivity contribution in [3.8, 4) is 5.75 Å². The molecule has 0 saturated carbocycles. The van der Waals surface area contributed by atoms with Gasteiger partial charge in [-0.2, -0.15) is 5.10 Å². The number of carbonyl (C=O) groups is 1. The molecule has 2 heterocycles. The zero-order chi connectivity index (χ0) is 17.2. The molecule has 1 aliphatic heterocycles. The van der Waals surface area contributed by atoms with Gasteiger partial charge in [0, 0.05) is 24.6 Å². The van der Waals surface area contributed by atoms with E-state index in [1.807, 2.05) is 47.2 Å². The van der Waals surface area contributed by atoms with E-state index in [1.165, 1.54) is 0 Å². The molecule has 0 aliphatic carbocycles. The number of hydrogen-bond donors (Lipinski definition) is 0. The zero-order valence-electron chi connectivity index (χ0n) is 14.1. The van der Waals surface area contributed by atoms with Crippen LogP contribution in [0.1, 0.15) is 18.4 Å². The van der Waals surface area contributed by atoms with E-state index < -0.39 is 0 Å². The van der Waals surface area contributed by atoms with Gasteiger partial charge in [-0.15, -0.1) is 0 Å². The van der Waals surface area contributed by atoms with Crippen LogP contribution < -0.4 is 4.74 Å². The Labute approximate surface area is 146 Å². The Bertz CT molecular complexity index is 941. The number of benzene rings is 2. The monoisotopic (exact) mass is 333 g/mol. The molecular weight excluding hydrogens is 314 g/mol. The first-order valence-electron chi connectivity index (χ1n) is 8.31. The van der Waals surface area contributed by atoms with E-state index in [2.05, 4.69) is 23.3 Å². The second kappa shape index (κ2) is 6.43. The Kier molecular flexibility index (Phi) is 3.98.